The van der Waals surface area contributed by atoms with Crippen LogP contribution in [0.2, 0.25) is 0 Å². The van der Waals surface area contributed by atoms with Crippen molar-refractivity contribution >= 4 is 5.78 Å². The summed E-state index contributed by atoms with van der Waals surface area (Å²) < 4.78 is 0. The summed E-state index contributed by atoms with van der Waals surface area (Å²) >= 11 is 0. The summed E-state index contributed by atoms with van der Waals surface area (Å²) in [6.07, 6.45) is 2.80. The predicted molar refractivity (Wildman–Crippen MR) is 65.9 cm³/mol. The normalized spacial score (nSPS) is 11.7. The molecule has 0 saturated heterocycles. The van der Waals surface area contributed by atoms with Crippen molar-refractivity contribution in [1.82, 2.24) is 5.32 Å². The van der Waals surface area contributed by atoms with Gasteiger partial charge in [0.2, 0.25) is 0 Å². The first-order valence-electron chi connectivity index (χ1n) is 5.34. The van der Waals surface area contributed by atoms with Crippen molar-refractivity contribution in [3.05, 3.63) is 42.1 Å². The lowest BCUT2D eigenvalue weighted by Crippen LogP contribution is -2.39. The summed E-state index contributed by atoms with van der Waals surface area (Å²) in [5.41, 5.74) is -0.220. The summed E-state index contributed by atoms with van der Waals surface area (Å²) in [6.45, 7) is 3.58. The van der Waals surface area contributed by atoms with Crippen LogP contribution in [0.15, 0.2) is 36.5 Å². The van der Waals surface area contributed by atoms with E-state index in [4.69, 9.17) is 5.11 Å². The van der Waals surface area contributed by atoms with Crippen LogP contribution in [0.4, 0.5) is 0 Å². The second-order valence-corrected chi connectivity index (χ2v) is 4.40. The molecule has 1 aromatic carbocycles. The van der Waals surface area contributed by atoms with Crippen LogP contribution in [-0.4, -0.2) is 28.1 Å². The smallest absolute Gasteiger partial charge is 0.190 e. The molecule has 0 amide bonds. The number of ketones is 1. The molecule has 0 unspecified atom stereocenters. The minimum Gasteiger partial charge on any atom is -0.507 e. The average molecular weight is 235 g/mol. The number of allylic oxidation sites excluding steroid dienone is 1. The number of aliphatic hydroxyl groups is 1. The summed E-state index contributed by atoms with van der Waals surface area (Å²) in [5, 5.41) is 21.4. The highest BCUT2D eigenvalue weighted by Crippen LogP contribution is 2.16. The molecule has 17 heavy (non-hydrogen) atoms. The Kier molecular flexibility index (Phi) is 4.29. The maximum Gasteiger partial charge on any atom is 0.190 e. The summed E-state index contributed by atoms with van der Waals surface area (Å²) in [4.78, 5) is 11.7. The molecule has 3 N–H and O–H groups in total. The highest BCUT2D eigenvalue weighted by Gasteiger charge is 2.13. The van der Waals surface area contributed by atoms with Gasteiger partial charge in [0.1, 0.15) is 5.75 Å². The van der Waals surface area contributed by atoms with Crippen LogP contribution in [0, 0.1) is 0 Å². The number of carbonyl (C=O) groups is 1. The Balaban J connectivity index is 2.68. The first kappa shape index (κ1) is 13.3. The number of para-hydroxylation sites is 1. The van der Waals surface area contributed by atoms with Crippen LogP contribution in [0.1, 0.15) is 24.2 Å². The Morgan fingerprint density at radius 3 is 2.65 bits per heavy atom. The minimum atomic E-state index is -0.477. The first-order chi connectivity index (χ1) is 7.96. The van der Waals surface area contributed by atoms with E-state index in [0.29, 0.717) is 0 Å². The van der Waals surface area contributed by atoms with E-state index in [1.807, 2.05) is 13.8 Å². The highest BCUT2D eigenvalue weighted by molar-refractivity contribution is 6.06. The van der Waals surface area contributed by atoms with Crippen LogP contribution in [0.3, 0.4) is 0 Å². The molecule has 0 atom stereocenters. The van der Waals surface area contributed by atoms with Gasteiger partial charge in [-0.15, -0.1) is 0 Å². The standard InChI is InChI=1S/C13H17NO3/c1-13(2,9-15)14-8-7-12(17)10-5-3-4-6-11(10)16/h3-8,14-16H,9H2,1-2H3/b8-7+. The average Bonchev–Trinajstić information content (AvgIpc) is 2.29. The molecular weight excluding hydrogens is 218 g/mol. The number of aromatic hydroxyl groups is 1. The zero-order chi connectivity index (χ0) is 12.9. The van der Waals surface area contributed by atoms with Crippen LogP contribution >= 0.6 is 0 Å². The molecular formula is C13H17NO3. The van der Waals surface area contributed by atoms with E-state index < -0.39 is 5.54 Å². The van der Waals surface area contributed by atoms with E-state index in [9.17, 15) is 9.90 Å². The molecule has 1 aromatic rings. The van der Waals surface area contributed by atoms with Crippen LogP contribution in [0.5, 0.6) is 5.75 Å². The number of phenols is 1. The van der Waals surface area contributed by atoms with E-state index in [2.05, 4.69) is 5.32 Å². The Labute approximate surface area is 101 Å². The van der Waals surface area contributed by atoms with Crippen LogP contribution in [-0.2, 0) is 0 Å². The fourth-order valence-corrected chi connectivity index (χ4v) is 1.16. The molecule has 0 saturated carbocycles. The third-order valence-electron chi connectivity index (χ3n) is 2.27. The lowest BCUT2D eigenvalue weighted by Gasteiger charge is -2.21. The Hall–Kier alpha value is -1.81. The maximum absolute atomic E-state index is 11.7. The molecule has 0 aliphatic carbocycles. The van der Waals surface area contributed by atoms with Gasteiger partial charge >= 0.3 is 0 Å². The maximum atomic E-state index is 11.7. The van der Waals surface area contributed by atoms with Crippen molar-refractivity contribution in [2.75, 3.05) is 6.61 Å². The van der Waals surface area contributed by atoms with E-state index in [1.54, 1.807) is 18.2 Å². The largest absolute Gasteiger partial charge is 0.507 e. The first-order valence-corrected chi connectivity index (χ1v) is 5.34. The van der Waals surface area contributed by atoms with Gasteiger partial charge in [-0.25, -0.2) is 0 Å². The molecule has 0 aromatic heterocycles. The fraction of sp³-hybridized carbons (Fsp3) is 0.308. The Morgan fingerprint density at radius 1 is 1.41 bits per heavy atom. The Morgan fingerprint density at radius 2 is 2.06 bits per heavy atom. The lowest BCUT2D eigenvalue weighted by atomic mass is 10.1. The molecule has 0 aliphatic rings. The monoisotopic (exact) mass is 235 g/mol. The second kappa shape index (κ2) is 5.50. The van der Waals surface area contributed by atoms with Crippen molar-refractivity contribution in [3.8, 4) is 5.75 Å². The summed E-state index contributed by atoms with van der Waals surface area (Å²) in [7, 11) is 0. The highest BCUT2D eigenvalue weighted by atomic mass is 16.3. The number of aliphatic hydroxyl groups excluding tert-OH is 1. The van der Waals surface area contributed by atoms with Gasteiger partial charge in [-0.3, -0.25) is 4.79 Å². The quantitative estimate of drug-likeness (QED) is 0.533. The topological polar surface area (TPSA) is 69.6 Å². The van der Waals surface area contributed by atoms with Crippen LogP contribution < -0.4 is 5.32 Å². The van der Waals surface area contributed by atoms with Gasteiger partial charge in [0.05, 0.1) is 17.7 Å². The molecule has 0 spiro atoms. The number of phenolic OH excluding ortho intramolecular Hbond substituents is 1. The van der Waals surface area contributed by atoms with E-state index in [1.165, 1.54) is 18.3 Å². The fourth-order valence-electron chi connectivity index (χ4n) is 1.16. The third kappa shape index (κ3) is 3.92. The molecule has 0 heterocycles. The molecule has 4 nitrogen and oxygen atoms in total. The summed E-state index contributed by atoms with van der Waals surface area (Å²) in [5.74, 6) is -0.326. The van der Waals surface area contributed by atoms with Gasteiger partial charge in [0, 0.05) is 12.3 Å². The van der Waals surface area contributed by atoms with Gasteiger partial charge in [-0.05, 0) is 26.0 Å². The van der Waals surface area contributed by atoms with Crippen molar-refractivity contribution in [2.24, 2.45) is 0 Å². The van der Waals surface area contributed by atoms with Gasteiger partial charge in [0.25, 0.3) is 0 Å². The van der Waals surface area contributed by atoms with Gasteiger partial charge in [-0.2, -0.15) is 0 Å². The molecule has 0 aliphatic heterocycles. The van der Waals surface area contributed by atoms with Crippen LogP contribution in [0.25, 0.3) is 0 Å². The van der Waals surface area contributed by atoms with Gasteiger partial charge in [-0.1, -0.05) is 12.1 Å². The van der Waals surface area contributed by atoms with E-state index in [0.717, 1.165) is 0 Å². The predicted octanol–water partition coefficient (Wildman–Crippen LogP) is 1.45. The van der Waals surface area contributed by atoms with Crippen molar-refractivity contribution in [2.45, 2.75) is 19.4 Å². The zero-order valence-corrected chi connectivity index (χ0v) is 9.97. The lowest BCUT2D eigenvalue weighted by molar-refractivity contribution is 0.104. The SMILES string of the molecule is CC(C)(CO)N/C=C/C(=O)c1ccccc1O. The van der Waals surface area contributed by atoms with Crippen molar-refractivity contribution < 1.29 is 15.0 Å². The van der Waals surface area contributed by atoms with Gasteiger partial charge < -0.3 is 15.5 Å². The molecule has 0 fully saturated rings. The van der Waals surface area contributed by atoms with Crippen molar-refractivity contribution in [1.29, 1.82) is 0 Å². The third-order valence-corrected chi connectivity index (χ3v) is 2.27. The summed E-state index contributed by atoms with van der Waals surface area (Å²) in [6, 6.07) is 6.36. The molecule has 92 valence electrons. The Bertz CT molecular complexity index is 424. The zero-order valence-electron chi connectivity index (χ0n) is 9.97. The number of hydrogen-bond acceptors (Lipinski definition) is 4. The molecule has 0 radical (unpaired) electrons. The number of benzene rings is 1. The second-order valence-electron chi connectivity index (χ2n) is 4.40. The molecule has 1 rings (SSSR count). The molecule has 0 bridgehead atoms. The number of rotatable bonds is 5. The van der Waals surface area contributed by atoms with E-state index >= 15 is 0 Å². The van der Waals surface area contributed by atoms with Crippen molar-refractivity contribution in [3.63, 3.8) is 0 Å². The number of carbonyl (C=O) groups excluding carboxylic acids is 1. The number of nitrogens with one attached hydrogen (secondary N) is 1. The van der Waals surface area contributed by atoms with E-state index in [-0.39, 0.29) is 23.7 Å². The van der Waals surface area contributed by atoms with Gasteiger partial charge in [0.15, 0.2) is 5.78 Å². The minimum absolute atomic E-state index is 0.0384. The number of hydrogen-bond donors (Lipinski definition) is 3. The molecule has 4 heteroatoms.